The molecule has 3 aromatic carbocycles. The molecule has 1 heterocycles. The van der Waals surface area contributed by atoms with Gasteiger partial charge in [-0.25, -0.2) is 4.39 Å². The fraction of sp³-hybridized carbons (Fsp3) is 0.154. The highest BCUT2D eigenvalue weighted by Crippen LogP contribution is 2.42. The Morgan fingerprint density at radius 2 is 1.62 bits per heavy atom. The number of hydrogen-bond acceptors (Lipinski definition) is 4. The van der Waals surface area contributed by atoms with Crippen molar-refractivity contribution >= 4 is 23.1 Å². The van der Waals surface area contributed by atoms with Gasteiger partial charge in [0.1, 0.15) is 17.3 Å². The Morgan fingerprint density at radius 3 is 2.22 bits per heavy atom. The molecule has 32 heavy (non-hydrogen) atoms. The minimum absolute atomic E-state index is 0.0493. The van der Waals surface area contributed by atoms with E-state index in [0.717, 1.165) is 11.1 Å². The van der Waals surface area contributed by atoms with Gasteiger partial charge in [0, 0.05) is 11.3 Å². The summed E-state index contributed by atoms with van der Waals surface area (Å²) in [5, 5.41) is 11.2. The fourth-order valence-corrected chi connectivity index (χ4v) is 3.95. The molecule has 1 amide bonds. The van der Waals surface area contributed by atoms with Crippen LogP contribution in [0, 0.1) is 19.7 Å². The molecule has 1 aliphatic rings. The third-order valence-electron chi connectivity index (χ3n) is 5.61. The summed E-state index contributed by atoms with van der Waals surface area (Å²) in [6.45, 7) is 3.74. The third kappa shape index (κ3) is 3.64. The van der Waals surface area contributed by atoms with Crippen molar-refractivity contribution in [1.29, 1.82) is 0 Å². The lowest BCUT2D eigenvalue weighted by molar-refractivity contribution is -0.132. The van der Waals surface area contributed by atoms with Crippen molar-refractivity contribution < 1.29 is 23.8 Å². The quantitative estimate of drug-likeness (QED) is 0.356. The van der Waals surface area contributed by atoms with Gasteiger partial charge in [0.15, 0.2) is 0 Å². The van der Waals surface area contributed by atoms with Crippen LogP contribution < -0.4 is 9.64 Å². The Hall–Kier alpha value is -3.93. The second-order valence-corrected chi connectivity index (χ2v) is 7.74. The van der Waals surface area contributed by atoms with E-state index < -0.39 is 23.5 Å². The maximum atomic E-state index is 13.6. The van der Waals surface area contributed by atoms with Gasteiger partial charge >= 0.3 is 0 Å². The van der Waals surface area contributed by atoms with E-state index in [1.54, 1.807) is 37.4 Å². The highest BCUT2D eigenvalue weighted by atomic mass is 19.1. The second kappa shape index (κ2) is 8.30. The van der Waals surface area contributed by atoms with Gasteiger partial charge in [-0.05, 0) is 67.4 Å². The Balaban J connectivity index is 1.93. The van der Waals surface area contributed by atoms with Crippen molar-refractivity contribution in [2.45, 2.75) is 19.9 Å². The molecule has 1 fully saturated rings. The van der Waals surface area contributed by atoms with E-state index in [9.17, 15) is 19.1 Å². The summed E-state index contributed by atoms with van der Waals surface area (Å²) in [5.74, 6) is -1.65. The number of carbonyl (C=O) groups excluding carboxylic acids is 2. The summed E-state index contributed by atoms with van der Waals surface area (Å²) < 4.78 is 18.9. The van der Waals surface area contributed by atoms with Crippen molar-refractivity contribution in [3.63, 3.8) is 0 Å². The predicted octanol–water partition coefficient (Wildman–Crippen LogP) is 5.08. The zero-order valence-electron chi connectivity index (χ0n) is 17.9. The third-order valence-corrected chi connectivity index (χ3v) is 5.61. The van der Waals surface area contributed by atoms with Gasteiger partial charge < -0.3 is 9.84 Å². The van der Waals surface area contributed by atoms with Crippen LogP contribution in [0.1, 0.15) is 28.3 Å². The Labute approximate surface area is 185 Å². The number of hydrogen-bond donors (Lipinski definition) is 1. The molecular weight excluding hydrogens is 409 g/mol. The molecule has 5 nitrogen and oxygen atoms in total. The van der Waals surface area contributed by atoms with Gasteiger partial charge in [0.2, 0.25) is 0 Å². The van der Waals surface area contributed by atoms with Gasteiger partial charge in [-0.3, -0.25) is 14.5 Å². The van der Waals surface area contributed by atoms with E-state index >= 15 is 0 Å². The standard InChI is InChI=1S/C26H22FNO4/c1-15-4-11-20(12-5-15)28-23(17-6-9-19(27)10-7-17)22(25(30)26(28)31)24(29)18-8-13-21(32-3)16(2)14-18/h4-14,23,29H,1-3H3/b24-22-. The number of ketones is 1. The maximum Gasteiger partial charge on any atom is 0.300 e. The average molecular weight is 431 g/mol. The van der Waals surface area contributed by atoms with Gasteiger partial charge in [0.05, 0.1) is 18.7 Å². The number of amides is 1. The van der Waals surface area contributed by atoms with Crippen molar-refractivity contribution in [3.8, 4) is 5.75 Å². The number of rotatable bonds is 4. The first kappa shape index (κ1) is 21.3. The lowest BCUT2D eigenvalue weighted by Gasteiger charge is -2.25. The SMILES string of the molecule is COc1ccc(/C(O)=C2/C(=O)C(=O)N(c3ccc(C)cc3)C2c2ccc(F)cc2)cc1C. The molecule has 0 aromatic heterocycles. The highest BCUT2D eigenvalue weighted by molar-refractivity contribution is 6.51. The van der Waals surface area contributed by atoms with Crippen LogP contribution in [0.2, 0.25) is 0 Å². The first-order valence-corrected chi connectivity index (χ1v) is 10.1. The van der Waals surface area contributed by atoms with Gasteiger partial charge in [-0.1, -0.05) is 29.8 Å². The Bertz CT molecular complexity index is 1230. The number of aliphatic hydroxyl groups is 1. The summed E-state index contributed by atoms with van der Waals surface area (Å²) in [6, 6.07) is 16.8. The number of methoxy groups -OCH3 is 1. The topological polar surface area (TPSA) is 66.8 Å². The Kier molecular flexibility index (Phi) is 5.53. The van der Waals surface area contributed by atoms with Gasteiger partial charge in [-0.15, -0.1) is 0 Å². The summed E-state index contributed by atoms with van der Waals surface area (Å²) in [7, 11) is 1.55. The van der Waals surface area contributed by atoms with E-state index in [0.29, 0.717) is 22.6 Å². The first-order valence-electron chi connectivity index (χ1n) is 10.1. The second-order valence-electron chi connectivity index (χ2n) is 7.74. The van der Waals surface area contributed by atoms with Crippen LogP contribution in [0.5, 0.6) is 5.75 Å². The number of aliphatic hydroxyl groups excluding tert-OH is 1. The van der Waals surface area contributed by atoms with Crippen LogP contribution in [0.3, 0.4) is 0 Å². The molecule has 4 rings (SSSR count). The zero-order chi connectivity index (χ0) is 23.0. The summed E-state index contributed by atoms with van der Waals surface area (Å²) in [5.41, 5.74) is 3.12. The van der Waals surface area contributed by atoms with Crippen molar-refractivity contribution in [1.82, 2.24) is 0 Å². The van der Waals surface area contributed by atoms with Crippen molar-refractivity contribution in [3.05, 3.63) is 100 Å². The first-order chi connectivity index (χ1) is 15.3. The van der Waals surface area contributed by atoms with Gasteiger partial charge in [-0.2, -0.15) is 0 Å². The number of anilines is 1. The van der Waals surface area contributed by atoms with Crippen LogP contribution in [0.15, 0.2) is 72.3 Å². The molecule has 3 aromatic rings. The molecule has 1 unspecified atom stereocenters. The summed E-state index contributed by atoms with van der Waals surface area (Å²) in [6.07, 6.45) is 0. The minimum Gasteiger partial charge on any atom is -0.507 e. The van der Waals surface area contributed by atoms with Crippen LogP contribution in [0.25, 0.3) is 5.76 Å². The predicted molar refractivity (Wildman–Crippen MR) is 120 cm³/mol. The minimum atomic E-state index is -0.902. The number of ether oxygens (including phenoxy) is 1. The van der Waals surface area contributed by atoms with Crippen LogP contribution in [0.4, 0.5) is 10.1 Å². The smallest absolute Gasteiger partial charge is 0.300 e. The molecule has 1 saturated heterocycles. The average Bonchev–Trinajstić information content (AvgIpc) is 3.05. The van der Waals surface area contributed by atoms with E-state index in [2.05, 4.69) is 0 Å². The van der Waals surface area contributed by atoms with Crippen LogP contribution in [-0.2, 0) is 9.59 Å². The van der Waals surface area contributed by atoms with E-state index in [1.807, 2.05) is 26.0 Å². The van der Waals surface area contributed by atoms with Crippen LogP contribution >= 0.6 is 0 Å². The zero-order valence-corrected chi connectivity index (χ0v) is 17.9. The lowest BCUT2D eigenvalue weighted by Crippen LogP contribution is -2.29. The summed E-state index contributed by atoms with van der Waals surface area (Å²) >= 11 is 0. The van der Waals surface area contributed by atoms with Crippen molar-refractivity contribution in [2.75, 3.05) is 12.0 Å². The van der Waals surface area contributed by atoms with E-state index in [1.165, 1.54) is 29.2 Å². The number of carbonyl (C=O) groups is 2. The highest BCUT2D eigenvalue weighted by Gasteiger charge is 2.46. The molecule has 162 valence electrons. The molecule has 6 heteroatoms. The molecule has 0 radical (unpaired) electrons. The van der Waals surface area contributed by atoms with Gasteiger partial charge in [0.25, 0.3) is 11.7 Å². The van der Waals surface area contributed by atoms with Crippen molar-refractivity contribution in [2.24, 2.45) is 0 Å². The number of halogens is 1. The molecule has 0 bridgehead atoms. The number of Topliss-reactive ketones (excluding diaryl/α,β-unsaturated/α-hetero) is 1. The molecular formula is C26H22FNO4. The Morgan fingerprint density at radius 1 is 0.969 bits per heavy atom. The fourth-order valence-electron chi connectivity index (χ4n) is 3.95. The molecule has 1 N–H and O–H groups in total. The van der Waals surface area contributed by atoms with E-state index in [-0.39, 0.29) is 11.3 Å². The molecule has 1 atom stereocenters. The monoisotopic (exact) mass is 431 g/mol. The molecule has 1 aliphatic heterocycles. The largest absolute Gasteiger partial charge is 0.507 e. The molecule has 0 aliphatic carbocycles. The van der Waals surface area contributed by atoms with Crippen LogP contribution in [-0.4, -0.2) is 23.9 Å². The number of nitrogens with zero attached hydrogens (tertiary/aromatic N) is 1. The number of benzene rings is 3. The molecule has 0 saturated carbocycles. The lowest BCUT2D eigenvalue weighted by atomic mass is 9.94. The summed E-state index contributed by atoms with van der Waals surface area (Å²) in [4.78, 5) is 27.6. The number of aryl methyl sites for hydroxylation is 2. The molecule has 0 spiro atoms. The maximum absolute atomic E-state index is 13.6. The normalized spacial score (nSPS) is 17.6. The van der Waals surface area contributed by atoms with E-state index in [4.69, 9.17) is 4.74 Å².